The van der Waals surface area contributed by atoms with Gasteiger partial charge in [-0.3, -0.25) is 0 Å². The van der Waals surface area contributed by atoms with Crippen molar-refractivity contribution in [3.63, 3.8) is 0 Å². The first-order chi connectivity index (χ1) is 5.88. The molecule has 1 aromatic heterocycles. The van der Waals surface area contributed by atoms with Crippen LogP contribution in [0.2, 0.25) is 0 Å². The molecule has 0 aliphatic heterocycles. The van der Waals surface area contributed by atoms with E-state index in [4.69, 9.17) is 0 Å². The van der Waals surface area contributed by atoms with Gasteiger partial charge >= 0.3 is 0 Å². The van der Waals surface area contributed by atoms with E-state index in [0.717, 1.165) is 12.3 Å². The number of nitrogens with one attached hydrogen (secondary N) is 1. The molecule has 1 rings (SSSR count). The van der Waals surface area contributed by atoms with Crippen molar-refractivity contribution in [3.05, 3.63) is 23.9 Å². The summed E-state index contributed by atoms with van der Waals surface area (Å²) in [6.07, 6.45) is 0.864. The van der Waals surface area contributed by atoms with Crippen molar-refractivity contribution < 1.29 is 8.78 Å². The maximum absolute atomic E-state index is 12.7. The minimum atomic E-state index is -0.931. The second-order valence-corrected chi connectivity index (χ2v) is 3.86. The summed E-state index contributed by atoms with van der Waals surface area (Å²) in [5.74, 6) is -1.48. The molecular weight excluding hydrogens is 174 g/mol. The molecule has 0 fully saturated rings. The van der Waals surface area contributed by atoms with Gasteiger partial charge in [-0.25, -0.2) is 13.8 Å². The molecule has 0 atom stereocenters. The lowest BCUT2D eigenvalue weighted by atomic mass is 10.1. The summed E-state index contributed by atoms with van der Waals surface area (Å²) in [6.45, 7) is 5.74. The quantitative estimate of drug-likeness (QED) is 0.729. The lowest BCUT2D eigenvalue weighted by molar-refractivity contribution is 0.503. The van der Waals surface area contributed by atoms with Crippen molar-refractivity contribution in [1.82, 2.24) is 4.98 Å². The molecule has 0 radical (unpaired) electrons. The Balaban J connectivity index is 2.86. The van der Waals surface area contributed by atoms with Crippen LogP contribution in [0.1, 0.15) is 20.8 Å². The van der Waals surface area contributed by atoms with Crippen LogP contribution < -0.4 is 5.32 Å². The summed E-state index contributed by atoms with van der Waals surface area (Å²) in [6, 6.07) is 1.04. The number of hydrogen-bond acceptors (Lipinski definition) is 2. The van der Waals surface area contributed by atoms with E-state index in [9.17, 15) is 8.78 Å². The molecule has 0 saturated carbocycles. The third kappa shape index (κ3) is 2.97. The van der Waals surface area contributed by atoms with Crippen molar-refractivity contribution in [2.24, 2.45) is 0 Å². The summed E-state index contributed by atoms with van der Waals surface area (Å²) in [7, 11) is 0. The molecule has 72 valence electrons. The SMILES string of the molecule is CC(C)(C)Nc1cc(F)c(F)cn1. The monoisotopic (exact) mass is 186 g/mol. The van der Waals surface area contributed by atoms with Crippen molar-refractivity contribution in [1.29, 1.82) is 0 Å². The molecule has 0 bridgehead atoms. The van der Waals surface area contributed by atoms with Crippen LogP contribution in [-0.4, -0.2) is 10.5 Å². The Hall–Kier alpha value is -1.19. The second kappa shape index (κ2) is 3.28. The molecule has 1 heterocycles. The highest BCUT2D eigenvalue weighted by atomic mass is 19.2. The molecule has 0 aliphatic rings. The standard InChI is InChI=1S/C9H12F2N2/c1-9(2,3)13-8-4-6(10)7(11)5-12-8/h4-5H,1-3H3,(H,12,13). The average molecular weight is 186 g/mol. The van der Waals surface area contributed by atoms with Crippen LogP contribution in [0.15, 0.2) is 12.3 Å². The first-order valence-electron chi connectivity index (χ1n) is 3.98. The zero-order chi connectivity index (χ0) is 10.1. The first kappa shape index (κ1) is 9.89. The summed E-state index contributed by atoms with van der Waals surface area (Å²) in [5, 5.41) is 2.93. The molecule has 1 N–H and O–H groups in total. The van der Waals surface area contributed by atoms with Crippen LogP contribution in [-0.2, 0) is 0 Å². The smallest absolute Gasteiger partial charge is 0.177 e. The van der Waals surface area contributed by atoms with Gasteiger partial charge in [-0.2, -0.15) is 0 Å². The number of pyridine rings is 1. The predicted molar refractivity (Wildman–Crippen MR) is 47.5 cm³/mol. The Morgan fingerprint density at radius 2 is 1.85 bits per heavy atom. The molecule has 4 heteroatoms. The summed E-state index contributed by atoms with van der Waals surface area (Å²) in [4.78, 5) is 3.70. The first-order valence-corrected chi connectivity index (χ1v) is 3.98. The van der Waals surface area contributed by atoms with Crippen molar-refractivity contribution in [2.75, 3.05) is 5.32 Å². The highest BCUT2D eigenvalue weighted by molar-refractivity contribution is 5.36. The Kier molecular flexibility index (Phi) is 2.50. The zero-order valence-electron chi connectivity index (χ0n) is 7.86. The lowest BCUT2D eigenvalue weighted by Crippen LogP contribution is -2.26. The lowest BCUT2D eigenvalue weighted by Gasteiger charge is -2.21. The van der Waals surface area contributed by atoms with Gasteiger partial charge in [0.1, 0.15) is 5.82 Å². The van der Waals surface area contributed by atoms with E-state index in [0.29, 0.717) is 5.82 Å². The van der Waals surface area contributed by atoms with E-state index in [1.54, 1.807) is 0 Å². The van der Waals surface area contributed by atoms with Gasteiger partial charge in [0.05, 0.1) is 6.20 Å². The summed E-state index contributed by atoms with van der Waals surface area (Å²) in [5.41, 5.74) is -0.211. The maximum Gasteiger partial charge on any atom is 0.177 e. The zero-order valence-corrected chi connectivity index (χ0v) is 7.86. The maximum atomic E-state index is 12.7. The Labute approximate surface area is 76.0 Å². The number of rotatable bonds is 1. The van der Waals surface area contributed by atoms with Gasteiger partial charge in [0.15, 0.2) is 11.6 Å². The van der Waals surface area contributed by atoms with Crippen LogP contribution in [0.5, 0.6) is 0 Å². The summed E-state index contributed by atoms with van der Waals surface area (Å²) < 4.78 is 25.2. The van der Waals surface area contributed by atoms with E-state index in [1.807, 2.05) is 20.8 Å². The number of nitrogens with zero attached hydrogens (tertiary/aromatic N) is 1. The van der Waals surface area contributed by atoms with E-state index < -0.39 is 11.6 Å². The van der Waals surface area contributed by atoms with Crippen molar-refractivity contribution in [3.8, 4) is 0 Å². The molecule has 0 spiro atoms. The normalized spacial score (nSPS) is 11.5. The average Bonchev–Trinajstić information content (AvgIpc) is 1.94. The van der Waals surface area contributed by atoms with E-state index in [2.05, 4.69) is 10.3 Å². The fourth-order valence-electron chi connectivity index (χ4n) is 0.867. The van der Waals surface area contributed by atoms with Gasteiger partial charge < -0.3 is 5.32 Å². The number of aromatic nitrogens is 1. The minimum Gasteiger partial charge on any atom is -0.365 e. The van der Waals surface area contributed by atoms with Gasteiger partial charge in [-0.1, -0.05) is 0 Å². The molecule has 0 amide bonds. The molecule has 0 aliphatic carbocycles. The third-order valence-electron chi connectivity index (χ3n) is 1.31. The molecule has 0 unspecified atom stereocenters. The predicted octanol–water partition coefficient (Wildman–Crippen LogP) is 2.57. The van der Waals surface area contributed by atoms with Crippen LogP contribution in [0.3, 0.4) is 0 Å². The van der Waals surface area contributed by atoms with Crippen LogP contribution in [0.25, 0.3) is 0 Å². The highest BCUT2D eigenvalue weighted by Crippen LogP contribution is 2.14. The van der Waals surface area contributed by atoms with Gasteiger partial charge in [0.2, 0.25) is 0 Å². The molecular formula is C9H12F2N2. The van der Waals surface area contributed by atoms with Gasteiger partial charge in [0.25, 0.3) is 0 Å². The fraction of sp³-hybridized carbons (Fsp3) is 0.444. The van der Waals surface area contributed by atoms with Crippen molar-refractivity contribution >= 4 is 5.82 Å². The Bertz CT molecular complexity index is 305. The van der Waals surface area contributed by atoms with Crippen LogP contribution in [0, 0.1) is 11.6 Å². The molecule has 0 aromatic carbocycles. The minimum absolute atomic E-state index is 0.211. The molecule has 1 aromatic rings. The second-order valence-electron chi connectivity index (χ2n) is 3.86. The van der Waals surface area contributed by atoms with E-state index in [1.165, 1.54) is 0 Å². The van der Waals surface area contributed by atoms with Gasteiger partial charge in [-0.05, 0) is 20.8 Å². The highest BCUT2D eigenvalue weighted by Gasteiger charge is 2.11. The van der Waals surface area contributed by atoms with Crippen molar-refractivity contribution in [2.45, 2.75) is 26.3 Å². The third-order valence-corrected chi connectivity index (χ3v) is 1.31. The summed E-state index contributed by atoms with van der Waals surface area (Å²) >= 11 is 0. The van der Waals surface area contributed by atoms with Crippen LogP contribution >= 0.6 is 0 Å². The van der Waals surface area contributed by atoms with Crippen LogP contribution in [0.4, 0.5) is 14.6 Å². The number of hydrogen-bond donors (Lipinski definition) is 1. The van der Waals surface area contributed by atoms with Gasteiger partial charge in [-0.15, -0.1) is 0 Å². The molecule has 0 saturated heterocycles. The largest absolute Gasteiger partial charge is 0.365 e. The molecule has 13 heavy (non-hydrogen) atoms. The van der Waals surface area contributed by atoms with E-state index >= 15 is 0 Å². The topological polar surface area (TPSA) is 24.9 Å². The number of anilines is 1. The molecule has 2 nitrogen and oxygen atoms in total. The Morgan fingerprint density at radius 3 is 2.31 bits per heavy atom. The van der Waals surface area contributed by atoms with E-state index in [-0.39, 0.29) is 5.54 Å². The van der Waals surface area contributed by atoms with Gasteiger partial charge in [0, 0.05) is 11.6 Å². The number of halogens is 2. The fourth-order valence-corrected chi connectivity index (χ4v) is 0.867. The Morgan fingerprint density at radius 1 is 1.23 bits per heavy atom.